The van der Waals surface area contributed by atoms with E-state index in [4.69, 9.17) is 0 Å². The molecule has 0 radical (unpaired) electrons. The normalized spacial score (nSPS) is 14.9. The molecule has 3 heterocycles. The summed E-state index contributed by atoms with van der Waals surface area (Å²) in [5, 5.41) is 4.51. The Hall–Kier alpha value is -2.20. The highest BCUT2D eigenvalue weighted by molar-refractivity contribution is 7.88. The topological polar surface area (TPSA) is 96.3 Å². The molecule has 0 aromatic carbocycles. The molecule has 1 aliphatic rings. The number of hydrogen-bond acceptors (Lipinski definition) is 7. The molecule has 2 aromatic rings. The van der Waals surface area contributed by atoms with Crippen LogP contribution in [0.3, 0.4) is 0 Å². The van der Waals surface area contributed by atoms with E-state index in [0.29, 0.717) is 6.54 Å². The van der Waals surface area contributed by atoms with Crippen LogP contribution in [0.15, 0.2) is 18.5 Å². The van der Waals surface area contributed by atoms with Crippen LogP contribution in [-0.2, 0) is 29.7 Å². The van der Waals surface area contributed by atoms with Crippen molar-refractivity contribution in [2.75, 3.05) is 36.7 Å². The van der Waals surface area contributed by atoms with Crippen LogP contribution in [-0.4, -0.2) is 55.1 Å². The lowest BCUT2D eigenvalue weighted by atomic mass is 10.3. The Morgan fingerprint density at radius 3 is 2.80 bits per heavy atom. The number of hydrogen-bond donors (Lipinski definition) is 1. The first-order chi connectivity index (χ1) is 11.8. The fourth-order valence-electron chi connectivity index (χ4n) is 2.72. The summed E-state index contributed by atoms with van der Waals surface area (Å²) in [4.78, 5) is 13.0. The van der Waals surface area contributed by atoms with Crippen molar-refractivity contribution in [3.05, 3.63) is 29.8 Å². The van der Waals surface area contributed by atoms with E-state index in [1.807, 2.05) is 29.7 Å². The minimum absolute atomic E-state index is 0.203. The molecule has 0 fully saturated rings. The van der Waals surface area contributed by atoms with Gasteiger partial charge in [-0.1, -0.05) is 0 Å². The van der Waals surface area contributed by atoms with Gasteiger partial charge in [0.1, 0.15) is 11.6 Å². The van der Waals surface area contributed by atoms with Crippen molar-refractivity contribution in [1.29, 1.82) is 0 Å². The molecule has 0 aliphatic carbocycles. The Morgan fingerprint density at radius 2 is 2.08 bits per heavy atom. The molecule has 3 rings (SSSR count). The molecule has 10 heteroatoms. The lowest BCUT2D eigenvalue weighted by Gasteiger charge is -2.22. The third kappa shape index (κ3) is 4.45. The summed E-state index contributed by atoms with van der Waals surface area (Å²) < 4.78 is 26.9. The van der Waals surface area contributed by atoms with E-state index in [0.717, 1.165) is 48.8 Å². The van der Waals surface area contributed by atoms with Gasteiger partial charge in [-0.25, -0.2) is 18.1 Å². The van der Waals surface area contributed by atoms with Gasteiger partial charge in [-0.15, -0.1) is 0 Å². The maximum absolute atomic E-state index is 11.3. The second-order valence-corrected chi connectivity index (χ2v) is 8.18. The Balaban J connectivity index is 1.79. The van der Waals surface area contributed by atoms with Crippen LogP contribution in [0.2, 0.25) is 0 Å². The molecule has 0 saturated carbocycles. The Kier molecular flexibility index (Phi) is 4.91. The summed E-state index contributed by atoms with van der Waals surface area (Å²) in [7, 11) is 0.644. The lowest BCUT2D eigenvalue weighted by molar-refractivity contribution is 0.573. The van der Waals surface area contributed by atoms with Crippen molar-refractivity contribution < 1.29 is 8.42 Å². The Labute approximate surface area is 147 Å². The Bertz CT molecular complexity index is 847. The van der Waals surface area contributed by atoms with Crippen molar-refractivity contribution in [1.82, 2.24) is 24.5 Å². The third-order valence-corrected chi connectivity index (χ3v) is 4.64. The van der Waals surface area contributed by atoms with Crippen LogP contribution in [0.1, 0.15) is 17.8 Å². The van der Waals surface area contributed by atoms with Crippen molar-refractivity contribution in [2.45, 2.75) is 26.1 Å². The van der Waals surface area contributed by atoms with Crippen molar-refractivity contribution in [3.8, 4) is 0 Å². The van der Waals surface area contributed by atoms with E-state index in [9.17, 15) is 8.42 Å². The second-order valence-electron chi connectivity index (χ2n) is 6.35. The second kappa shape index (κ2) is 6.96. The molecule has 0 amide bonds. The van der Waals surface area contributed by atoms with Crippen molar-refractivity contribution >= 4 is 21.7 Å². The molecular weight excluding hydrogens is 342 g/mol. The zero-order valence-corrected chi connectivity index (χ0v) is 15.5. The van der Waals surface area contributed by atoms with E-state index < -0.39 is 10.0 Å². The van der Waals surface area contributed by atoms with Gasteiger partial charge in [0, 0.05) is 27.2 Å². The summed E-state index contributed by atoms with van der Waals surface area (Å²) in [6.45, 7) is 2.53. The molecule has 25 heavy (non-hydrogen) atoms. The maximum Gasteiger partial charge on any atom is 0.209 e. The van der Waals surface area contributed by atoms with Gasteiger partial charge in [0.2, 0.25) is 10.0 Å². The van der Waals surface area contributed by atoms with Gasteiger partial charge in [0.25, 0.3) is 0 Å². The highest BCUT2D eigenvalue weighted by atomic mass is 32.2. The number of fused-ring (bicyclic) bond motifs is 1. The monoisotopic (exact) mass is 365 g/mol. The van der Waals surface area contributed by atoms with Crippen LogP contribution < -0.4 is 14.5 Å². The summed E-state index contributed by atoms with van der Waals surface area (Å²) >= 11 is 0. The standard InChI is InChI=1S/C15H23N7O2S/c1-20(2)14-9-16-10-15(18-14)21-5-4-6-22-13(11-21)7-12(19-22)8-17-25(3,23)24/h7,9-10,17H,4-6,8,11H2,1-3H3. The number of sulfonamides is 1. The SMILES string of the molecule is CN(C)c1cncc(N2CCCn3nc(CNS(C)(=O)=O)cc3C2)n1. The van der Waals surface area contributed by atoms with Crippen LogP contribution >= 0.6 is 0 Å². The summed E-state index contributed by atoms with van der Waals surface area (Å²) in [6.07, 6.45) is 5.58. The molecule has 2 aromatic heterocycles. The number of nitrogens with zero attached hydrogens (tertiary/aromatic N) is 6. The van der Waals surface area contributed by atoms with Gasteiger partial charge in [-0.2, -0.15) is 5.10 Å². The average Bonchev–Trinajstić information content (AvgIpc) is 2.83. The van der Waals surface area contributed by atoms with Crippen molar-refractivity contribution in [2.24, 2.45) is 0 Å². The average molecular weight is 365 g/mol. The van der Waals surface area contributed by atoms with Crippen molar-refractivity contribution in [3.63, 3.8) is 0 Å². The third-order valence-electron chi connectivity index (χ3n) is 3.97. The van der Waals surface area contributed by atoms with Crippen LogP contribution in [0.25, 0.3) is 0 Å². The molecule has 0 atom stereocenters. The van der Waals surface area contributed by atoms with Crippen LogP contribution in [0.5, 0.6) is 0 Å². The smallest absolute Gasteiger partial charge is 0.209 e. The minimum Gasteiger partial charge on any atom is -0.361 e. The number of rotatable bonds is 5. The summed E-state index contributed by atoms with van der Waals surface area (Å²) in [5.74, 6) is 1.64. The predicted molar refractivity (Wildman–Crippen MR) is 95.9 cm³/mol. The molecule has 9 nitrogen and oxygen atoms in total. The summed E-state index contributed by atoms with van der Waals surface area (Å²) in [5.41, 5.74) is 1.76. The Morgan fingerprint density at radius 1 is 1.28 bits per heavy atom. The van der Waals surface area contributed by atoms with E-state index in [1.165, 1.54) is 0 Å². The molecule has 0 bridgehead atoms. The summed E-state index contributed by atoms with van der Waals surface area (Å²) in [6, 6.07) is 1.94. The fraction of sp³-hybridized carbons (Fsp3) is 0.533. The van der Waals surface area contributed by atoms with Gasteiger partial charge in [0.05, 0.1) is 43.1 Å². The number of aromatic nitrogens is 4. The van der Waals surface area contributed by atoms with Gasteiger partial charge >= 0.3 is 0 Å². The molecule has 0 unspecified atom stereocenters. The van der Waals surface area contributed by atoms with Gasteiger partial charge < -0.3 is 9.80 Å². The van der Waals surface area contributed by atoms with Gasteiger partial charge in [0.15, 0.2) is 0 Å². The van der Waals surface area contributed by atoms with E-state index in [-0.39, 0.29) is 6.54 Å². The first-order valence-corrected chi connectivity index (χ1v) is 9.95. The highest BCUT2D eigenvalue weighted by Gasteiger charge is 2.19. The minimum atomic E-state index is -3.23. The van der Waals surface area contributed by atoms with E-state index in [2.05, 4.69) is 24.7 Å². The van der Waals surface area contributed by atoms with E-state index >= 15 is 0 Å². The number of anilines is 2. The molecule has 136 valence electrons. The zero-order chi connectivity index (χ0) is 18.0. The molecule has 0 saturated heterocycles. The van der Waals surface area contributed by atoms with Crippen LogP contribution in [0.4, 0.5) is 11.6 Å². The first-order valence-electron chi connectivity index (χ1n) is 8.06. The first kappa shape index (κ1) is 17.6. The molecular formula is C15H23N7O2S. The quantitative estimate of drug-likeness (QED) is 0.808. The molecule has 1 N–H and O–H groups in total. The van der Waals surface area contributed by atoms with Gasteiger partial charge in [-0.3, -0.25) is 9.67 Å². The fourth-order valence-corrected chi connectivity index (χ4v) is 3.13. The predicted octanol–water partition coefficient (Wildman–Crippen LogP) is 0.199. The highest BCUT2D eigenvalue weighted by Crippen LogP contribution is 2.20. The number of aryl methyl sites for hydroxylation is 1. The lowest BCUT2D eigenvalue weighted by Crippen LogP contribution is -2.24. The molecule has 1 aliphatic heterocycles. The molecule has 0 spiro atoms. The van der Waals surface area contributed by atoms with E-state index in [1.54, 1.807) is 12.4 Å². The largest absolute Gasteiger partial charge is 0.361 e. The maximum atomic E-state index is 11.3. The zero-order valence-electron chi connectivity index (χ0n) is 14.7. The number of nitrogens with one attached hydrogen (secondary N) is 1. The van der Waals surface area contributed by atoms with Gasteiger partial charge in [-0.05, 0) is 12.5 Å². The van der Waals surface area contributed by atoms with Crippen LogP contribution in [0, 0.1) is 0 Å².